The zero-order chi connectivity index (χ0) is 19.3. The molecule has 3 rings (SSSR count). The number of rotatable bonds is 3. The standard InChI is InChI=1S/C21H26O5/c1-13-17(14-9-7-8-10-15(14)24-6)21(18(23)25-19(2,3)4)16(22)11-12-20(13,5)26-21/h7-10,17H,1,11-12H2,2-6H3/t17-,20+,21-/m0/s1. The van der Waals surface area contributed by atoms with E-state index in [1.807, 2.05) is 25.1 Å². The predicted octanol–water partition coefficient (Wildman–Crippen LogP) is 3.57. The number of benzene rings is 1. The van der Waals surface area contributed by atoms with E-state index in [0.717, 1.165) is 0 Å². The minimum absolute atomic E-state index is 0.250. The molecule has 0 aromatic heterocycles. The van der Waals surface area contributed by atoms with Gasteiger partial charge in [0.25, 0.3) is 0 Å². The molecule has 2 saturated heterocycles. The molecule has 1 aromatic carbocycles. The molecule has 2 aliphatic heterocycles. The average Bonchev–Trinajstić information content (AvgIpc) is 2.76. The Labute approximate surface area is 154 Å². The van der Waals surface area contributed by atoms with Gasteiger partial charge in [-0.25, -0.2) is 4.79 Å². The molecule has 140 valence electrons. The second-order valence-corrected chi connectivity index (χ2v) is 8.19. The maximum Gasteiger partial charge on any atom is 0.347 e. The van der Waals surface area contributed by atoms with Crippen LogP contribution in [-0.2, 0) is 19.1 Å². The first kappa shape index (κ1) is 18.6. The lowest BCUT2D eigenvalue weighted by Gasteiger charge is -2.38. The number of methoxy groups -OCH3 is 1. The second kappa shape index (κ2) is 5.95. The molecule has 0 aliphatic carbocycles. The van der Waals surface area contributed by atoms with Crippen LogP contribution in [0.2, 0.25) is 0 Å². The number of ketones is 1. The van der Waals surface area contributed by atoms with Gasteiger partial charge in [-0.3, -0.25) is 4.79 Å². The molecule has 26 heavy (non-hydrogen) atoms. The fraction of sp³-hybridized carbons (Fsp3) is 0.524. The van der Waals surface area contributed by atoms with Gasteiger partial charge in [-0.05, 0) is 45.8 Å². The van der Waals surface area contributed by atoms with Crippen LogP contribution >= 0.6 is 0 Å². The van der Waals surface area contributed by atoms with E-state index < -0.39 is 28.7 Å². The monoisotopic (exact) mass is 358 g/mol. The second-order valence-electron chi connectivity index (χ2n) is 8.19. The number of carbonyl (C=O) groups excluding carboxylic acids is 2. The first-order valence-corrected chi connectivity index (χ1v) is 8.84. The average molecular weight is 358 g/mol. The van der Waals surface area contributed by atoms with Crippen LogP contribution in [0.15, 0.2) is 36.4 Å². The molecule has 0 radical (unpaired) electrons. The molecule has 3 atom stereocenters. The summed E-state index contributed by atoms with van der Waals surface area (Å²) >= 11 is 0. The van der Waals surface area contributed by atoms with Gasteiger partial charge in [0.1, 0.15) is 11.4 Å². The largest absolute Gasteiger partial charge is 0.496 e. The summed E-state index contributed by atoms with van der Waals surface area (Å²) in [7, 11) is 1.56. The number of hydrogen-bond donors (Lipinski definition) is 0. The van der Waals surface area contributed by atoms with Gasteiger partial charge < -0.3 is 14.2 Å². The SMILES string of the molecule is C=C1[C@@H](c2ccccc2OC)[C@@]2(C(=O)OC(C)(C)C)O[C@]1(C)CCC2=O. The Balaban J connectivity index is 2.21. The van der Waals surface area contributed by atoms with Crippen LogP contribution in [0.25, 0.3) is 0 Å². The van der Waals surface area contributed by atoms with Crippen LogP contribution in [0.5, 0.6) is 5.75 Å². The summed E-state index contributed by atoms with van der Waals surface area (Å²) < 4.78 is 17.3. The topological polar surface area (TPSA) is 61.8 Å². The van der Waals surface area contributed by atoms with Crippen molar-refractivity contribution in [3.63, 3.8) is 0 Å². The number of ether oxygens (including phenoxy) is 3. The highest BCUT2D eigenvalue weighted by Gasteiger charge is 2.69. The Bertz CT molecular complexity index is 775. The number of para-hydroxylation sites is 1. The van der Waals surface area contributed by atoms with E-state index in [1.165, 1.54) is 0 Å². The van der Waals surface area contributed by atoms with Crippen LogP contribution < -0.4 is 4.74 Å². The first-order valence-electron chi connectivity index (χ1n) is 8.84. The van der Waals surface area contributed by atoms with Gasteiger partial charge in [0, 0.05) is 12.0 Å². The zero-order valence-electron chi connectivity index (χ0n) is 16.0. The smallest absolute Gasteiger partial charge is 0.347 e. The molecule has 0 unspecified atom stereocenters. The Morgan fingerprint density at radius 1 is 1.31 bits per heavy atom. The third-order valence-corrected chi connectivity index (χ3v) is 5.22. The molecule has 0 N–H and O–H groups in total. The maximum absolute atomic E-state index is 13.2. The first-order chi connectivity index (χ1) is 12.0. The Morgan fingerprint density at radius 2 is 1.96 bits per heavy atom. The van der Waals surface area contributed by atoms with Crippen molar-refractivity contribution in [1.29, 1.82) is 0 Å². The van der Waals surface area contributed by atoms with E-state index in [9.17, 15) is 9.59 Å². The molecule has 2 aliphatic rings. The molecule has 5 nitrogen and oxygen atoms in total. The van der Waals surface area contributed by atoms with Crippen molar-refractivity contribution in [1.82, 2.24) is 0 Å². The van der Waals surface area contributed by atoms with E-state index in [4.69, 9.17) is 14.2 Å². The highest BCUT2D eigenvalue weighted by Crippen LogP contribution is 2.58. The highest BCUT2D eigenvalue weighted by atomic mass is 16.6. The molecular weight excluding hydrogens is 332 g/mol. The molecule has 2 bridgehead atoms. The fourth-order valence-electron chi connectivity index (χ4n) is 3.94. The normalized spacial score (nSPS) is 31.0. The predicted molar refractivity (Wildman–Crippen MR) is 97.2 cm³/mol. The van der Waals surface area contributed by atoms with Crippen LogP contribution in [0.4, 0.5) is 0 Å². The third kappa shape index (κ3) is 2.65. The van der Waals surface area contributed by atoms with Gasteiger partial charge in [-0.1, -0.05) is 24.8 Å². The summed E-state index contributed by atoms with van der Waals surface area (Å²) in [6, 6.07) is 7.35. The number of Topliss-reactive ketones (excluding diaryl/α,β-unsaturated/α-hetero) is 1. The quantitative estimate of drug-likeness (QED) is 0.470. The molecule has 5 heteroatoms. The number of fused-ring (bicyclic) bond motifs is 2. The molecule has 1 aromatic rings. The molecule has 0 saturated carbocycles. The summed E-state index contributed by atoms with van der Waals surface area (Å²) in [5, 5.41) is 0. The number of carbonyl (C=O) groups is 2. The van der Waals surface area contributed by atoms with Crippen LogP contribution in [0.3, 0.4) is 0 Å². The lowest BCUT2D eigenvalue weighted by Crippen LogP contribution is -2.56. The molecule has 0 spiro atoms. The summed E-state index contributed by atoms with van der Waals surface area (Å²) in [6.07, 6.45) is 0.751. The Hall–Kier alpha value is -2.14. The van der Waals surface area contributed by atoms with Gasteiger partial charge in [0.15, 0.2) is 5.78 Å². The highest BCUT2D eigenvalue weighted by molar-refractivity contribution is 6.10. The van der Waals surface area contributed by atoms with Gasteiger partial charge >= 0.3 is 5.97 Å². The van der Waals surface area contributed by atoms with Crippen molar-refractivity contribution in [2.24, 2.45) is 0 Å². The molecule has 2 heterocycles. The van der Waals surface area contributed by atoms with Gasteiger partial charge in [-0.15, -0.1) is 0 Å². The van der Waals surface area contributed by atoms with E-state index in [0.29, 0.717) is 23.3 Å². The zero-order valence-corrected chi connectivity index (χ0v) is 16.0. The van der Waals surface area contributed by atoms with Crippen molar-refractivity contribution >= 4 is 11.8 Å². The maximum atomic E-state index is 13.2. The van der Waals surface area contributed by atoms with E-state index in [1.54, 1.807) is 33.9 Å². The van der Waals surface area contributed by atoms with Crippen molar-refractivity contribution in [2.75, 3.05) is 7.11 Å². The summed E-state index contributed by atoms with van der Waals surface area (Å²) in [5.74, 6) is -0.975. The number of hydrogen-bond acceptors (Lipinski definition) is 5. The lowest BCUT2D eigenvalue weighted by atomic mass is 9.76. The van der Waals surface area contributed by atoms with Crippen LogP contribution in [0.1, 0.15) is 52.0 Å². The fourth-order valence-corrected chi connectivity index (χ4v) is 3.94. The molecular formula is C21H26O5. The number of esters is 1. The van der Waals surface area contributed by atoms with Crippen molar-refractivity contribution in [2.45, 2.75) is 63.3 Å². The minimum atomic E-state index is -1.72. The van der Waals surface area contributed by atoms with Crippen molar-refractivity contribution in [3.8, 4) is 5.75 Å². The molecule has 0 amide bonds. The van der Waals surface area contributed by atoms with E-state index >= 15 is 0 Å². The van der Waals surface area contributed by atoms with Gasteiger partial charge in [-0.2, -0.15) is 0 Å². The van der Waals surface area contributed by atoms with Crippen molar-refractivity contribution < 1.29 is 23.8 Å². The minimum Gasteiger partial charge on any atom is -0.496 e. The van der Waals surface area contributed by atoms with Crippen LogP contribution in [0, 0.1) is 0 Å². The van der Waals surface area contributed by atoms with Crippen LogP contribution in [-0.4, -0.2) is 35.7 Å². The molecule has 2 fully saturated rings. The van der Waals surface area contributed by atoms with Gasteiger partial charge in [0.05, 0.1) is 18.6 Å². The lowest BCUT2D eigenvalue weighted by molar-refractivity contribution is -0.198. The summed E-state index contributed by atoms with van der Waals surface area (Å²) in [6.45, 7) is 11.4. The van der Waals surface area contributed by atoms with Crippen molar-refractivity contribution in [3.05, 3.63) is 42.0 Å². The Morgan fingerprint density at radius 3 is 2.58 bits per heavy atom. The third-order valence-electron chi connectivity index (χ3n) is 5.22. The van der Waals surface area contributed by atoms with E-state index in [-0.39, 0.29) is 12.2 Å². The van der Waals surface area contributed by atoms with E-state index in [2.05, 4.69) is 6.58 Å². The summed E-state index contributed by atoms with van der Waals surface area (Å²) in [5.41, 5.74) is -1.79. The summed E-state index contributed by atoms with van der Waals surface area (Å²) in [4.78, 5) is 26.3. The Kier molecular flexibility index (Phi) is 4.26. The van der Waals surface area contributed by atoms with Gasteiger partial charge in [0.2, 0.25) is 5.60 Å².